The van der Waals surface area contributed by atoms with E-state index in [-0.39, 0.29) is 12.0 Å². The van der Waals surface area contributed by atoms with Crippen LogP contribution < -0.4 is 4.74 Å². The van der Waals surface area contributed by atoms with E-state index in [9.17, 15) is 9.90 Å². The van der Waals surface area contributed by atoms with Crippen molar-refractivity contribution < 1.29 is 19.4 Å². The van der Waals surface area contributed by atoms with E-state index >= 15 is 0 Å². The number of carbonyl (C=O) groups is 1. The lowest BCUT2D eigenvalue weighted by Crippen LogP contribution is -2.48. The summed E-state index contributed by atoms with van der Waals surface area (Å²) in [6.45, 7) is 6.67. The Kier molecular flexibility index (Phi) is 4.83. The van der Waals surface area contributed by atoms with Crippen molar-refractivity contribution in [3.05, 3.63) is 29.3 Å². The Balaban J connectivity index is 1.67. The molecule has 0 spiro atoms. The van der Waals surface area contributed by atoms with Gasteiger partial charge in [-0.15, -0.1) is 0 Å². The molecule has 1 aliphatic carbocycles. The zero-order valence-electron chi connectivity index (χ0n) is 14.7. The first-order valence-corrected chi connectivity index (χ1v) is 8.80. The minimum absolute atomic E-state index is 0.121. The molecule has 1 heterocycles. The molecule has 0 bridgehead atoms. The molecule has 1 aromatic rings. The quantitative estimate of drug-likeness (QED) is 0.895. The largest absolute Gasteiger partial charge is 0.478 e. The van der Waals surface area contributed by atoms with Gasteiger partial charge in [-0.05, 0) is 63.3 Å². The maximum atomic E-state index is 12.8. The number of aliphatic hydroxyl groups is 1. The molecule has 1 aliphatic heterocycles. The fourth-order valence-electron chi connectivity index (χ4n) is 3.63. The summed E-state index contributed by atoms with van der Waals surface area (Å²) in [6, 6.07) is 6.10. The molecule has 1 aromatic carbocycles. The van der Waals surface area contributed by atoms with Gasteiger partial charge < -0.3 is 19.5 Å². The molecule has 0 radical (unpaired) electrons. The summed E-state index contributed by atoms with van der Waals surface area (Å²) in [7, 11) is 0. The normalized spacial score (nSPS) is 23.4. The van der Waals surface area contributed by atoms with Gasteiger partial charge >= 0.3 is 0 Å². The first kappa shape index (κ1) is 17.2. The Morgan fingerprint density at radius 2 is 2.04 bits per heavy atom. The van der Waals surface area contributed by atoms with Gasteiger partial charge in [0.25, 0.3) is 5.91 Å². The Morgan fingerprint density at radius 1 is 1.29 bits per heavy atom. The smallest absolute Gasteiger partial charge is 0.266 e. The number of benzene rings is 1. The number of fused-ring (bicyclic) bond motifs is 1. The lowest BCUT2D eigenvalue weighted by molar-refractivity contribution is -0.145. The van der Waals surface area contributed by atoms with Crippen molar-refractivity contribution in [3.8, 4) is 5.75 Å². The summed E-state index contributed by atoms with van der Waals surface area (Å²) in [5.74, 6) is 0.611. The number of amides is 1. The molecule has 3 rings (SSSR count). The zero-order valence-corrected chi connectivity index (χ0v) is 14.7. The number of nitrogens with zero attached hydrogens (tertiary/aromatic N) is 1. The van der Waals surface area contributed by atoms with E-state index in [1.165, 1.54) is 17.5 Å². The van der Waals surface area contributed by atoms with Gasteiger partial charge in [-0.1, -0.05) is 6.07 Å². The molecule has 1 amide bonds. The minimum Gasteiger partial charge on any atom is -0.478 e. The number of β-amino-alcohol motifs (C(OH)–C–C–N with tert-alkyl or cyclic N) is 1. The van der Waals surface area contributed by atoms with Crippen molar-refractivity contribution in [2.45, 2.75) is 57.8 Å². The summed E-state index contributed by atoms with van der Waals surface area (Å²) >= 11 is 0. The molecule has 2 atom stereocenters. The highest BCUT2D eigenvalue weighted by Crippen LogP contribution is 2.29. The second-order valence-corrected chi connectivity index (χ2v) is 7.17. The summed E-state index contributed by atoms with van der Waals surface area (Å²) in [5.41, 5.74) is 1.73. The van der Waals surface area contributed by atoms with Gasteiger partial charge in [0.15, 0.2) is 5.60 Å². The molecular weight excluding hydrogens is 306 g/mol. The van der Waals surface area contributed by atoms with Crippen LogP contribution >= 0.6 is 0 Å². The summed E-state index contributed by atoms with van der Waals surface area (Å²) in [5, 5.41) is 10.0. The Morgan fingerprint density at radius 3 is 2.79 bits per heavy atom. The molecule has 0 unspecified atom stereocenters. The van der Waals surface area contributed by atoms with Gasteiger partial charge in [-0.25, -0.2) is 0 Å². The first-order chi connectivity index (χ1) is 11.4. The summed E-state index contributed by atoms with van der Waals surface area (Å²) in [6.07, 6.45) is 2.45. The van der Waals surface area contributed by atoms with Crippen LogP contribution in [0.1, 0.15) is 38.3 Å². The number of aryl methyl sites for hydroxylation is 2. The number of hydrogen-bond donors (Lipinski definition) is 1. The van der Waals surface area contributed by atoms with Crippen LogP contribution in [-0.4, -0.2) is 53.4 Å². The van der Waals surface area contributed by atoms with Crippen LogP contribution in [0.3, 0.4) is 0 Å². The highest BCUT2D eigenvalue weighted by Gasteiger charge is 2.41. The van der Waals surface area contributed by atoms with E-state index < -0.39 is 11.7 Å². The van der Waals surface area contributed by atoms with Crippen molar-refractivity contribution >= 4 is 5.91 Å². The van der Waals surface area contributed by atoms with Crippen molar-refractivity contribution in [3.63, 3.8) is 0 Å². The van der Waals surface area contributed by atoms with Gasteiger partial charge in [0.1, 0.15) is 11.9 Å². The molecule has 24 heavy (non-hydrogen) atoms. The fraction of sp³-hybridized carbons (Fsp3) is 0.632. The summed E-state index contributed by atoms with van der Waals surface area (Å²) in [4.78, 5) is 14.5. The van der Waals surface area contributed by atoms with Crippen LogP contribution in [0.5, 0.6) is 5.75 Å². The van der Waals surface area contributed by atoms with Gasteiger partial charge in [0.2, 0.25) is 0 Å². The van der Waals surface area contributed by atoms with Gasteiger partial charge in [0, 0.05) is 19.7 Å². The summed E-state index contributed by atoms with van der Waals surface area (Å²) < 4.78 is 11.5. The Labute approximate surface area is 143 Å². The number of rotatable bonds is 5. The monoisotopic (exact) mass is 333 g/mol. The van der Waals surface area contributed by atoms with Crippen molar-refractivity contribution in [1.82, 2.24) is 4.90 Å². The maximum Gasteiger partial charge on any atom is 0.266 e. The van der Waals surface area contributed by atoms with Crippen LogP contribution in [0, 0.1) is 0 Å². The second kappa shape index (κ2) is 6.73. The number of hydrogen-bond acceptors (Lipinski definition) is 4. The number of ether oxygens (including phenoxy) is 2. The van der Waals surface area contributed by atoms with Crippen LogP contribution in [0.2, 0.25) is 0 Å². The van der Waals surface area contributed by atoms with Crippen molar-refractivity contribution in [2.75, 3.05) is 19.7 Å². The van der Waals surface area contributed by atoms with E-state index in [1.807, 2.05) is 13.0 Å². The molecule has 1 fully saturated rings. The van der Waals surface area contributed by atoms with Gasteiger partial charge in [-0.2, -0.15) is 0 Å². The predicted octanol–water partition coefficient (Wildman–Crippen LogP) is 1.94. The van der Waals surface area contributed by atoms with Gasteiger partial charge in [-0.3, -0.25) is 4.79 Å². The van der Waals surface area contributed by atoms with E-state index in [4.69, 9.17) is 9.47 Å². The van der Waals surface area contributed by atoms with Gasteiger partial charge in [0.05, 0.1) is 6.10 Å². The third-order valence-corrected chi connectivity index (χ3v) is 4.86. The molecule has 1 saturated heterocycles. The number of carbonyl (C=O) groups excluding carboxylic acids is 1. The third kappa shape index (κ3) is 3.42. The zero-order chi connectivity index (χ0) is 17.3. The average Bonchev–Trinajstić information content (AvgIpc) is 3.13. The van der Waals surface area contributed by atoms with Crippen LogP contribution in [0.25, 0.3) is 0 Å². The topological polar surface area (TPSA) is 59.0 Å². The van der Waals surface area contributed by atoms with E-state index in [2.05, 4.69) is 12.1 Å². The fourth-order valence-corrected chi connectivity index (χ4v) is 3.63. The van der Waals surface area contributed by atoms with Crippen molar-refractivity contribution in [2.24, 2.45) is 0 Å². The molecule has 0 aromatic heterocycles. The molecular formula is C19H27NO4. The molecule has 1 N–H and O–H groups in total. The molecule has 132 valence electrons. The van der Waals surface area contributed by atoms with Crippen LogP contribution in [0.4, 0.5) is 0 Å². The maximum absolute atomic E-state index is 12.8. The minimum atomic E-state index is -0.979. The average molecular weight is 333 g/mol. The number of likely N-dealkylation sites (tertiary alicyclic amines) is 1. The van der Waals surface area contributed by atoms with Crippen LogP contribution in [0.15, 0.2) is 18.2 Å². The van der Waals surface area contributed by atoms with Crippen molar-refractivity contribution in [1.29, 1.82) is 0 Å². The Hall–Kier alpha value is -1.59. The van der Waals surface area contributed by atoms with E-state index in [1.54, 1.807) is 18.7 Å². The van der Waals surface area contributed by atoms with E-state index in [0.29, 0.717) is 19.7 Å². The second-order valence-electron chi connectivity index (χ2n) is 7.17. The standard InChI is InChI=1S/C19H27NO4/c1-4-23-17-12-20(11-16(17)21)18(22)19(2,3)24-15-9-8-13-6-5-7-14(13)10-15/h8-10,16-17,21H,4-7,11-12H2,1-3H3/t16-,17-/m0/s1. The Bertz CT molecular complexity index is 613. The molecule has 5 nitrogen and oxygen atoms in total. The predicted molar refractivity (Wildman–Crippen MR) is 91.2 cm³/mol. The highest BCUT2D eigenvalue weighted by molar-refractivity contribution is 5.85. The number of aliphatic hydroxyl groups excluding tert-OH is 1. The first-order valence-electron chi connectivity index (χ1n) is 8.80. The lowest BCUT2D eigenvalue weighted by atomic mass is 10.1. The molecule has 2 aliphatic rings. The SMILES string of the molecule is CCO[C@H]1CN(C(=O)C(C)(C)Oc2ccc3c(c2)CCC3)C[C@@H]1O. The highest BCUT2D eigenvalue weighted by atomic mass is 16.5. The molecule has 5 heteroatoms. The lowest BCUT2D eigenvalue weighted by Gasteiger charge is -2.30. The third-order valence-electron chi connectivity index (χ3n) is 4.86. The molecule has 0 saturated carbocycles. The van der Waals surface area contributed by atoms with Crippen LogP contribution in [-0.2, 0) is 22.4 Å². The van der Waals surface area contributed by atoms with E-state index in [0.717, 1.165) is 18.6 Å².